The summed E-state index contributed by atoms with van der Waals surface area (Å²) in [5.41, 5.74) is 6.14. The number of likely N-dealkylation sites (tertiary alicyclic amines) is 1. The van der Waals surface area contributed by atoms with E-state index in [1.54, 1.807) is 24.3 Å². The summed E-state index contributed by atoms with van der Waals surface area (Å²) in [6, 6.07) is 6.22. The first-order chi connectivity index (χ1) is 13.3. The van der Waals surface area contributed by atoms with Crippen molar-refractivity contribution in [2.75, 3.05) is 13.1 Å². The molecule has 9 heteroatoms. The number of hydrogen-bond acceptors (Lipinski definition) is 5. The van der Waals surface area contributed by atoms with Gasteiger partial charge in [-0.15, -0.1) is 0 Å². The summed E-state index contributed by atoms with van der Waals surface area (Å²) in [6.45, 7) is 1.74. The van der Waals surface area contributed by atoms with Crippen LogP contribution in [-0.2, 0) is 25.6 Å². The van der Waals surface area contributed by atoms with Gasteiger partial charge in [-0.1, -0.05) is 30.3 Å². The number of nitrogens with two attached hydrogens (primary N) is 1. The number of hydrogen-bond donors (Lipinski definition) is 4. The fraction of sp³-hybridized carbons (Fsp3) is 0.474. The zero-order valence-electron chi connectivity index (χ0n) is 15.8. The van der Waals surface area contributed by atoms with Crippen LogP contribution in [0.3, 0.4) is 0 Å². The SMILES string of the molecule is CC(NC(=O)C1CCCN1C(=O)CN)C(=O)NC(Cc1ccccc1)C(=O)O. The highest BCUT2D eigenvalue weighted by molar-refractivity contribution is 5.93. The lowest BCUT2D eigenvalue weighted by atomic mass is 10.1. The van der Waals surface area contributed by atoms with Crippen LogP contribution in [0.4, 0.5) is 0 Å². The Balaban J connectivity index is 1.94. The molecule has 28 heavy (non-hydrogen) atoms. The number of amides is 3. The molecule has 9 nitrogen and oxygen atoms in total. The van der Waals surface area contributed by atoms with Crippen molar-refractivity contribution in [2.24, 2.45) is 5.73 Å². The number of carboxylic acid groups (broad SMARTS) is 1. The van der Waals surface area contributed by atoms with Gasteiger partial charge in [-0.3, -0.25) is 14.4 Å². The molecule has 152 valence electrons. The number of carboxylic acids is 1. The van der Waals surface area contributed by atoms with E-state index < -0.39 is 35.9 Å². The largest absolute Gasteiger partial charge is 0.480 e. The predicted molar refractivity (Wildman–Crippen MR) is 101 cm³/mol. The van der Waals surface area contributed by atoms with Crippen molar-refractivity contribution in [3.8, 4) is 0 Å². The molecular weight excluding hydrogens is 364 g/mol. The molecule has 3 unspecified atom stereocenters. The Morgan fingerprint density at radius 2 is 1.89 bits per heavy atom. The van der Waals surface area contributed by atoms with Gasteiger partial charge in [0.25, 0.3) is 0 Å². The topological polar surface area (TPSA) is 142 Å². The van der Waals surface area contributed by atoms with Crippen LogP contribution in [0.25, 0.3) is 0 Å². The fourth-order valence-electron chi connectivity index (χ4n) is 3.18. The number of rotatable bonds is 8. The van der Waals surface area contributed by atoms with Gasteiger partial charge in [-0.25, -0.2) is 4.79 Å². The molecule has 1 aliphatic heterocycles. The minimum absolute atomic E-state index is 0.129. The smallest absolute Gasteiger partial charge is 0.326 e. The van der Waals surface area contributed by atoms with Crippen LogP contribution in [0.2, 0.25) is 0 Å². The molecule has 0 aliphatic carbocycles. The van der Waals surface area contributed by atoms with Crippen LogP contribution in [-0.4, -0.2) is 64.9 Å². The highest BCUT2D eigenvalue weighted by Gasteiger charge is 2.34. The van der Waals surface area contributed by atoms with E-state index in [1.165, 1.54) is 11.8 Å². The Kier molecular flexibility index (Phi) is 7.51. The second kappa shape index (κ2) is 9.84. The Hall–Kier alpha value is -2.94. The van der Waals surface area contributed by atoms with Crippen molar-refractivity contribution in [1.82, 2.24) is 15.5 Å². The minimum atomic E-state index is -1.16. The Bertz CT molecular complexity index is 724. The molecule has 1 aromatic rings. The van der Waals surface area contributed by atoms with E-state index in [0.717, 1.165) is 5.56 Å². The van der Waals surface area contributed by atoms with Crippen LogP contribution in [0.1, 0.15) is 25.3 Å². The van der Waals surface area contributed by atoms with Crippen molar-refractivity contribution in [2.45, 2.75) is 44.3 Å². The van der Waals surface area contributed by atoms with E-state index in [9.17, 15) is 24.3 Å². The molecule has 3 atom stereocenters. The van der Waals surface area contributed by atoms with Gasteiger partial charge in [0.05, 0.1) is 6.54 Å². The van der Waals surface area contributed by atoms with Crippen molar-refractivity contribution in [1.29, 1.82) is 0 Å². The van der Waals surface area contributed by atoms with Crippen LogP contribution in [0.5, 0.6) is 0 Å². The Morgan fingerprint density at radius 1 is 1.21 bits per heavy atom. The highest BCUT2D eigenvalue weighted by atomic mass is 16.4. The van der Waals surface area contributed by atoms with Gasteiger partial charge in [0.1, 0.15) is 18.1 Å². The summed E-state index contributed by atoms with van der Waals surface area (Å²) in [7, 11) is 0. The van der Waals surface area contributed by atoms with Gasteiger partial charge in [0.2, 0.25) is 17.7 Å². The van der Waals surface area contributed by atoms with E-state index in [4.69, 9.17) is 5.73 Å². The number of carbonyl (C=O) groups is 4. The maximum atomic E-state index is 12.5. The second-order valence-electron chi connectivity index (χ2n) is 6.77. The summed E-state index contributed by atoms with van der Waals surface area (Å²) in [6.07, 6.45) is 1.31. The molecule has 0 spiro atoms. The molecule has 1 heterocycles. The van der Waals surface area contributed by atoms with Crippen molar-refractivity contribution in [3.63, 3.8) is 0 Å². The van der Waals surface area contributed by atoms with Gasteiger partial charge < -0.3 is 26.4 Å². The van der Waals surface area contributed by atoms with Crippen molar-refractivity contribution < 1.29 is 24.3 Å². The third-order valence-corrected chi connectivity index (χ3v) is 4.70. The normalized spacial score (nSPS) is 18.2. The van der Waals surface area contributed by atoms with Crippen molar-refractivity contribution >= 4 is 23.7 Å². The first kappa shape index (κ1) is 21.4. The molecular formula is C19H26N4O5. The quantitative estimate of drug-likeness (QED) is 0.460. The van der Waals surface area contributed by atoms with Gasteiger partial charge in [0.15, 0.2) is 0 Å². The zero-order chi connectivity index (χ0) is 20.7. The van der Waals surface area contributed by atoms with E-state index in [2.05, 4.69) is 10.6 Å². The molecule has 1 aliphatic rings. The Labute approximate surface area is 163 Å². The van der Waals surface area contributed by atoms with Crippen LogP contribution >= 0.6 is 0 Å². The van der Waals surface area contributed by atoms with Crippen molar-refractivity contribution in [3.05, 3.63) is 35.9 Å². The van der Waals surface area contributed by atoms with Gasteiger partial charge in [-0.2, -0.15) is 0 Å². The summed E-state index contributed by atoms with van der Waals surface area (Å²) in [5, 5.41) is 14.4. The van der Waals surface area contributed by atoms with E-state index in [0.29, 0.717) is 19.4 Å². The average molecular weight is 390 g/mol. The standard InChI is InChI=1S/C19H26N4O5/c1-12(21-18(26)15-8-5-9-23(15)16(24)11-20)17(25)22-14(19(27)28)10-13-6-3-2-4-7-13/h2-4,6-7,12,14-15H,5,8-11,20H2,1H3,(H,21,26)(H,22,25)(H,27,28). The number of nitrogens with zero attached hydrogens (tertiary/aromatic N) is 1. The maximum Gasteiger partial charge on any atom is 0.326 e. The van der Waals surface area contributed by atoms with E-state index in [1.807, 2.05) is 6.07 Å². The van der Waals surface area contributed by atoms with Crippen LogP contribution in [0.15, 0.2) is 30.3 Å². The summed E-state index contributed by atoms with van der Waals surface area (Å²) >= 11 is 0. The molecule has 1 fully saturated rings. The molecule has 0 bridgehead atoms. The summed E-state index contributed by atoms with van der Waals surface area (Å²) in [4.78, 5) is 49.6. The molecule has 1 saturated heterocycles. The fourth-order valence-corrected chi connectivity index (χ4v) is 3.18. The Morgan fingerprint density at radius 3 is 2.50 bits per heavy atom. The number of benzene rings is 1. The monoisotopic (exact) mass is 390 g/mol. The lowest BCUT2D eigenvalue weighted by Crippen LogP contribution is -2.55. The molecule has 5 N–H and O–H groups in total. The zero-order valence-corrected chi connectivity index (χ0v) is 15.8. The summed E-state index contributed by atoms with van der Waals surface area (Å²) in [5.74, 6) is -2.53. The molecule has 1 aromatic carbocycles. The lowest BCUT2D eigenvalue weighted by molar-refractivity contribution is -0.142. The van der Waals surface area contributed by atoms with Crippen LogP contribution < -0.4 is 16.4 Å². The molecule has 3 amide bonds. The van der Waals surface area contributed by atoms with Gasteiger partial charge in [-0.05, 0) is 25.3 Å². The third-order valence-electron chi connectivity index (χ3n) is 4.70. The molecule has 2 rings (SSSR count). The van der Waals surface area contributed by atoms with Gasteiger partial charge in [0, 0.05) is 13.0 Å². The third kappa shape index (κ3) is 5.53. The van der Waals surface area contributed by atoms with E-state index in [-0.39, 0.29) is 18.9 Å². The average Bonchev–Trinajstić information content (AvgIpc) is 3.17. The molecule has 0 saturated carbocycles. The minimum Gasteiger partial charge on any atom is -0.480 e. The number of nitrogens with one attached hydrogen (secondary N) is 2. The molecule has 0 radical (unpaired) electrons. The number of aliphatic carboxylic acids is 1. The van der Waals surface area contributed by atoms with E-state index >= 15 is 0 Å². The first-order valence-electron chi connectivity index (χ1n) is 9.20. The molecule has 0 aromatic heterocycles. The van der Waals surface area contributed by atoms with Crippen LogP contribution in [0, 0.1) is 0 Å². The lowest BCUT2D eigenvalue weighted by Gasteiger charge is -2.25. The van der Waals surface area contributed by atoms with Gasteiger partial charge >= 0.3 is 5.97 Å². The summed E-state index contributed by atoms with van der Waals surface area (Å²) < 4.78 is 0. The second-order valence-corrected chi connectivity index (χ2v) is 6.77. The maximum absolute atomic E-state index is 12.5. The highest BCUT2D eigenvalue weighted by Crippen LogP contribution is 2.17. The first-order valence-corrected chi connectivity index (χ1v) is 9.20. The predicted octanol–water partition coefficient (Wildman–Crippen LogP) is -0.747. The number of carbonyl (C=O) groups excluding carboxylic acids is 3.